The van der Waals surface area contributed by atoms with Crippen LogP contribution in [-0.4, -0.2) is 34.7 Å². The number of ether oxygens (including phenoxy) is 1. The highest BCUT2D eigenvalue weighted by molar-refractivity contribution is 7.99. The standard InChI is InChI=1S/C33H38ClN5O3S/c1-8-42-25-15-13-24(14-16-25)39-30(22-9-11-23(34)12-10-22)37-38-31(39)43-20-28(40)36-35-19-21-17-26(32(2,3)4)29(41)27(18-21)33(5,6)7/h9-19H,8,20H2,1-7H3,(H2,35,36,40,41). The van der Waals surface area contributed by atoms with Crippen molar-refractivity contribution < 1.29 is 19.2 Å². The molecule has 0 aliphatic rings. The molecule has 1 aromatic heterocycles. The molecular formula is C33H38ClN5O3S. The predicted octanol–water partition coefficient (Wildman–Crippen LogP) is 6.32. The molecule has 0 radical (unpaired) electrons. The molecule has 1 amide bonds. The van der Waals surface area contributed by atoms with Crippen molar-refractivity contribution in [2.45, 2.75) is 64.5 Å². The van der Waals surface area contributed by atoms with Gasteiger partial charge in [0.25, 0.3) is 11.7 Å². The molecule has 8 nitrogen and oxygen atoms in total. The van der Waals surface area contributed by atoms with E-state index in [9.17, 15) is 9.90 Å². The van der Waals surface area contributed by atoms with Gasteiger partial charge in [-0.25, -0.2) is 5.43 Å². The number of benzene rings is 3. The van der Waals surface area contributed by atoms with Crippen LogP contribution < -0.4 is 19.8 Å². The molecule has 2 N–H and O–H groups in total. The number of carbonyl (C=O) groups excluding carboxylic acids is 1. The topological polar surface area (TPSA) is 106 Å². The normalized spacial score (nSPS) is 12.1. The Hall–Kier alpha value is -3.82. The van der Waals surface area contributed by atoms with Crippen molar-refractivity contribution >= 4 is 35.5 Å². The number of amides is 1. The van der Waals surface area contributed by atoms with Crippen LogP contribution in [0.4, 0.5) is 0 Å². The summed E-state index contributed by atoms with van der Waals surface area (Å²) in [7, 11) is 0. The number of hydrogen-bond acceptors (Lipinski definition) is 6. The summed E-state index contributed by atoms with van der Waals surface area (Å²) < 4.78 is 7.55. The lowest BCUT2D eigenvalue weighted by molar-refractivity contribution is -0.625. The van der Waals surface area contributed by atoms with Gasteiger partial charge in [0.05, 0.1) is 29.2 Å². The van der Waals surface area contributed by atoms with Crippen LogP contribution in [0.2, 0.25) is 5.02 Å². The highest BCUT2D eigenvalue weighted by Crippen LogP contribution is 2.37. The van der Waals surface area contributed by atoms with E-state index in [-0.39, 0.29) is 28.2 Å². The van der Waals surface area contributed by atoms with E-state index >= 15 is 0 Å². The summed E-state index contributed by atoms with van der Waals surface area (Å²) in [5, 5.41) is 26.2. The molecular weight excluding hydrogens is 582 g/mol. The molecule has 0 aliphatic heterocycles. The quantitative estimate of drug-likeness (QED) is 0.0987. The van der Waals surface area contributed by atoms with Gasteiger partial charge in [-0.1, -0.05) is 65.3 Å². The van der Waals surface area contributed by atoms with Crippen LogP contribution in [0.5, 0.6) is 11.5 Å². The van der Waals surface area contributed by atoms with E-state index in [2.05, 4.69) is 20.7 Å². The van der Waals surface area contributed by atoms with E-state index in [1.165, 1.54) is 11.8 Å². The van der Waals surface area contributed by atoms with Gasteiger partial charge in [-0.2, -0.15) is 9.67 Å². The zero-order chi connectivity index (χ0) is 31.4. The fourth-order valence-electron chi connectivity index (χ4n) is 4.47. The molecule has 0 saturated carbocycles. The molecule has 0 fully saturated rings. The number of thioether (sulfide) groups is 1. The van der Waals surface area contributed by atoms with Gasteiger partial charge in [0.15, 0.2) is 0 Å². The second-order valence-electron chi connectivity index (χ2n) is 12.2. The van der Waals surface area contributed by atoms with E-state index in [4.69, 9.17) is 16.3 Å². The van der Waals surface area contributed by atoms with Crippen molar-refractivity contribution in [1.82, 2.24) is 15.6 Å². The Morgan fingerprint density at radius 3 is 2.21 bits per heavy atom. The fraction of sp³-hybridized carbons (Fsp3) is 0.333. The van der Waals surface area contributed by atoms with Gasteiger partial charge in [-0.05, 0) is 94.7 Å². The molecule has 0 unspecified atom stereocenters. The third-order valence-corrected chi connectivity index (χ3v) is 7.85. The Morgan fingerprint density at radius 2 is 1.65 bits per heavy atom. The highest BCUT2D eigenvalue weighted by atomic mass is 35.5. The van der Waals surface area contributed by atoms with Gasteiger partial charge in [-0.15, -0.1) is 10.8 Å². The number of hydrogen-bond donors (Lipinski definition) is 2. The first kappa shape index (κ1) is 32.1. The molecule has 0 saturated heterocycles. The van der Waals surface area contributed by atoms with Gasteiger partial charge in [0.1, 0.15) is 11.4 Å². The second kappa shape index (κ2) is 13.2. The smallest absolute Gasteiger partial charge is 0.342 e. The molecule has 1 heterocycles. The summed E-state index contributed by atoms with van der Waals surface area (Å²) >= 11 is 7.39. The Bertz CT molecular complexity index is 1570. The molecule has 4 aromatic rings. The minimum Gasteiger partial charge on any atom is -0.872 e. The van der Waals surface area contributed by atoms with Crippen molar-refractivity contribution in [3.8, 4) is 28.6 Å². The highest BCUT2D eigenvalue weighted by Gasteiger charge is 2.25. The minimum atomic E-state index is -0.325. The molecule has 3 aromatic carbocycles. The second-order valence-corrected chi connectivity index (χ2v) is 13.5. The summed E-state index contributed by atoms with van der Waals surface area (Å²) in [5.74, 6) is 1.36. The number of rotatable bonds is 9. The average molecular weight is 620 g/mol. The molecule has 0 bridgehead atoms. The Balaban J connectivity index is 1.53. The molecule has 0 aliphatic carbocycles. The lowest BCUT2D eigenvalue weighted by Crippen LogP contribution is -2.34. The average Bonchev–Trinajstić information content (AvgIpc) is 3.36. The van der Waals surface area contributed by atoms with E-state index in [0.717, 1.165) is 39.5 Å². The zero-order valence-corrected chi connectivity index (χ0v) is 27.2. The number of H-pyrrole nitrogens is 1. The Morgan fingerprint density at radius 1 is 1.05 bits per heavy atom. The number of nitrogens with zero attached hydrogens (tertiary/aromatic N) is 3. The van der Waals surface area contributed by atoms with E-state index in [1.54, 1.807) is 6.21 Å². The zero-order valence-electron chi connectivity index (χ0n) is 25.6. The van der Waals surface area contributed by atoms with Crippen molar-refractivity contribution in [3.05, 3.63) is 82.4 Å². The largest absolute Gasteiger partial charge is 0.872 e. The minimum absolute atomic E-state index is 0.0513. The Kier molecular flexibility index (Phi) is 9.87. The summed E-state index contributed by atoms with van der Waals surface area (Å²) in [4.78, 5) is 12.8. The maximum absolute atomic E-state index is 13.2. The van der Waals surface area contributed by atoms with Crippen molar-refractivity contribution in [2.24, 2.45) is 5.10 Å². The Labute approximate surface area is 262 Å². The van der Waals surface area contributed by atoms with Gasteiger partial charge in [-0.3, -0.25) is 4.79 Å². The maximum atomic E-state index is 13.2. The number of carbonyl (C=O) groups is 1. The first-order valence-electron chi connectivity index (χ1n) is 14.1. The summed E-state index contributed by atoms with van der Waals surface area (Å²) in [6.07, 6.45) is 1.58. The van der Waals surface area contributed by atoms with Crippen molar-refractivity contribution in [3.63, 3.8) is 0 Å². The van der Waals surface area contributed by atoms with Crippen molar-refractivity contribution in [1.29, 1.82) is 0 Å². The maximum Gasteiger partial charge on any atom is 0.342 e. The lowest BCUT2D eigenvalue weighted by Gasteiger charge is -2.33. The van der Waals surface area contributed by atoms with Gasteiger partial charge in [0, 0.05) is 5.02 Å². The van der Waals surface area contributed by atoms with Crippen LogP contribution in [-0.2, 0) is 15.6 Å². The predicted molar refractivity (Wildman–Crippen MR) is 171 cm³/mol. The molecule has 4 rings (SSSR count). The number of aromatic amines is 1. The number of halogens is 1. The van der Waals surface area contributed by atoms with Crippen LogP contribution in [0.15, 0.2) is 70.9 Å². The van der Waals surface area contributed by atoms with Gasteiger partial charge in [0.2, 0.25) is 0 Å². The third-order valence-electron chi connectivity index (χ3n) is 6.66. The van der Waals surface area contributed by atoms with Crippen LogP contribution in [0, 0.1) is 0 Å². The molecule has 43 heavy (non-hydrogen) atoms. The molecule has 10 heteroatoms. The third kappa shape index (κ3) is 7.97. The lowest BCUT2D eigenvalue weighted by atomic mass is 9.78. The van der Waals surface area contributed by atoms with Crippen LogP contribution in [0.25, 0.3) is 17.1 Å². The number of aromatic nitrogens is 3. The van der Waals surface area contributed by atoms with Crippen LogP contribution in [0.3, 0.4) is 0 Å². The van der Waals surface area contributed by atoms with Crippen molar-refractivity contribution in [2.75, 3.05) is 12.4 Å². The molecule has 0 spiro atoms. The van der Waals surface area contributed by atoms with E-state index in [0.29, 0.717) is 16.8 Å². The van der Waals surface area contributed by atoms with E-state index in [1.807, 2.05) is 114 Å². The van der Waals surface area contributed by atoms with E-state index < -0.39 is 0 Å². The van der Waals surface area contributed by atoms with Crippen LogP contribution in [0.1, 0.15) is 65.2 Å². The number of hydrazone groups is 1. The first-order chi connectivity index (χ1) is 20.3. The summed E-state index contributed by atoms with van der Waals surface area (Å²) in [6.45, 7) is 14.6. The molecule has 226 valence electrons. The monoisotopic (exact) mass is 619 g/mol. The molecule has 0 atom stereocenters. The first-order valence-corrected chi connectivity index (χ1v) is 15.4. The van der Waals surface area contributed by atoms with Gasteiger partial charge < -0.3 is 9.84 Å². The fourth-order valence-corrected chi connectivity index (χ4v) is 5.36. The summed E-state index contributed by atoms with van der Waals surface area (Å²) in [6, 6.07) is 18.8. The summed E-state index contributed by atoms with van der Waals surface area (Å²) in [5.41, 5.74) is 5.90. The number of nitrogens with one attached hydrogen (secondary N) is 2. The van der Waals surface area contributed by atoms with Gasteiger partial charge >= 0.3 is 5.16 Å². The van der Waals surface area contributed by atoms with Crippen LogP contribution >= 0.6 is 23.4 Å². The SMILES string of the molecule is CCOc1ccc(-[n+]2c(SCC(=O)NN=Cc3cc(C(C)(C)C)c([O-])c(C(C)(C)C)c3)n[nH]c2-c2ccc(Cl)cc2)cc1.